The quantitative estimate of drug-likeness (QED) is 0.615. The number of carbonyl (C=O) groups excluding carboxylic acids is 1. The lowest BCUT2D eigenvalue weighted by Crippen LogP contribution is -2.43. The second-order valence-electron chi connectivity index (χ2n) is 6.59. The Balaban J connectivity index is 1.61. The largest absolute Gasteiger partial charge is 0.338 e. The summed E-state index contributed by atoms with van der Waals surface area (Å²) in [5.74, 6) is 0.804. The number of carbonyl (C=O) groups is 1. The van der Waals surface area contributed by atoms with Gasteiger partial charge in [0, 0.05) is 44.7 Å². The van der Waals surface area contributed by atoms with Crippen molar-refractivity contribution in [3.05, 3.63) is 46.0 Å². The van der Waals surface area contributed by atoms with Crippen LogP contribution in [0.25, 0.3) is 6.08 Å². The number of nitro benzene ring substituents is 1. The molecule has 3 rings (SSSR count). The van der Waals surface area contributed by atoms with Crippen LogP contribution in [-0.2, 0) is 4.79 Å². The molecule has 6 heteroatoms. The minimum atomic E-state index is -0.352. The monoisotopic (exact) mass is 329 g/mol. The molecule has 128 valence electrons. The Morgan fingerprint density at radius 3 is 2.88 bits per heavy atom. The standard InChI is InChI=1S/C18H23N3O3/c1-2-18(22)20-12-14-10-16(20)13-19(11-14)9-5-7-15-6-3-4-8-17(15)21(23)24/h3-8,14,16H,2,9-13H2,1H3/b7-5+. The summed E-state index contributed by atoms with van der Waals surface area (Å²) in [6.07, 6.45) is 5.49. The summed E-state index contributed by atoms with van der Waals surface area (Å²) in [5.41, 5.74) is 0.762. The maximum absolute atomic E-state index is 12.0. The van der Waals surface area contributed by atoms with Gasteiger partial charge < -0.3 is 4.90 Å². The first-order chi connectivity index (χ1) is 11.6. The van der Waals surface area contributed by atoms with Gasteiger partial charge in [-0.3, -0.25) is 19.8 Å². The molecule has 0 saturated carbocycles. The molecule has 1 amide bonds. The minimum absolute atomic E-state index is 0.132. The van der Waals surface area contributed by atoms with Gasteiger partial charge in [0.05, 0.1) is 10.5 Å². The molecule has 1 aromatic rings. The third kappa shape index (κ3) is 3.48. The van der Waals surface area contributed by atoms with E-state index in [0.29, 0.717) is 23.9 Å². The van der Waals surface area contributed by atoms with Crippen LogP contribution < -0.4 is 0 Å². The van der Waals surface area contributed by atoms with Gasteiger partial charge in [-0.15, -0.1) is 0 Å². The molecule has 2 atom stereocenters. The van der Waals surface area contributed by atoms with Crippen LogP contribution in [0.5, 0.6) is 0 Å². The number of benzene rings is 1. The molecule has 0 aromatic heterocycles. The third-order valence-electron chi connectivity index (χ3n) is 4.90. The molecule has 2 aliphatic heterocycles. The number of nitro groups is 1. The van der Waals surface area contributed by atoms with Crippen LogP contribution in [0.4, 0.5) is 5.69 Å². The number of piperidine rings is 1. The Kier molecular flexibility index (Phi) is 4.94. The molecule has 2 bridgehead atoms. The molecular formula is C18H23N3O3. The lowest BCUT2D eigenvalue weighted by Gasteiger charge is -2.31. The van der Waals surface area contributed by atoms with E-state index in [1.807, 2.05) is 30.0 Å². The molecule has 0 spiro atoms. The van der Waals surface area contributed by atoms with E-state index in [4.69, 9.17) is 0 Å². The lowest BCUT2D eigenvalue weighted by atomic mass is 10.00. The van der Waals surface area contributed by atoms with Gasteiger partial charge in [-0.1, -0.05) is 31.2 Å². The second kappa shape index (κ2) is 7.13. The van der Waals surface area contributed by atoms with E-state index >= 15 is 0 Å². The Labute approximate surface area is 141 Å². The van der Waals surface area contributed by atoms with E-state index in [0.717, 1.165) is 32.6 Å². The van der Waals surface area contributed by atoms with Crippen molar-refractivity contribution in [1.29, 1.82) is 0 Å². The highest BCUT2D eigenvalue weighted by molar-refractivity contribution is 5.76. The molecule has 2 unspecified atom stereocenters. The van der Waals surface area contributed by atoms with Crippen molar-refractivity contribution < 1.29 is 9.72 Å². The van der Waals surface area contributed by atoms with Crippen molar-refractivity contribution in [2.24, 2.45) is 5.92 Å². The Morgan fingerprint density at radius 2 is 2.12 bits per heavy atom. The summed E-state index contributed by atoms with van der Waals surface area (Å²) in [5, 5.41) is 11.0. The summed E-state index contributed by atoms with van der Waals surface area (Å²) in [7, 11) is 0. The van der Waals surface area contributed by atoms with Crippen LogP contribution in [0, 0.1) is 16.0 Å². The smallest absolute Gasteiger partial charge is 0.276 e. The van der Waals surface area contributed by atoms with Crippen molar-refractivity contribution in [1.82, 2.24) is 9.80 Å². The van der Waals surface area contributed by atoms with E-state index in [2.05, 4.69) is 4.90 Å². The fourth-order valence-corrected chi connectivity index (χ4v) is 3.84. The normalized spacial score (nSPS) is 23.8. The second-order valence-corrected chi connectivity index (χ2v) is 6.59. The maximum atomic E-state index is 12.0. The zero-order valence-electron chi connectivity index (χ0n) is 13.9. The van der Waals surface area contributed by atoms with Crippen molar-refractivity contribution in [2.45, 2.75) is 25.8 Å². The van der Waals surface area contributed by atoms with Gasteiger partial charge in [0.25, 0.3) is 5.69 Å². The molecule has 1 aromatic carbocycles. The molecule has 0 aliphatic carbocycles. The molecule has 0 N–H and O–H groups in total. The summed E-state index contributed by atoms with van der Waals surface area (Å²) in [6, 6.07) is 7.10. The molecular weight excluding hydrogens is 306 g/mol. The zero-order valence-corrected chi connectivity index (χ0v) is 13.9. The van der Waals surface area contributed by atoms with E-state index in [-0.39, 0.29) is 16.5 Å². The Hall–Kier alpha value is -2.21. The molecule has 0 radical (unpaired) electrons. The predicted octanol–water partition coefficient (Wildman–Crippen LogP) is 2.55. The number of likely N-dealkylation sites (tertiary alicyclic amines) is 2. The summed E-state index contributed by atoms with van der Waals surface area (Å²) < 4.78 is 0. The number of hydrogen-bond acceptors (Lipinski definition) is 4. The van der Waals surface area contributed by atoms with Gasteiger partial charge in [0.15, 0.2) is 0 Å². The van der Waals surface area contributed by atoms with E-state index in [1.54, 1.807) is 12.1 Å². The highest BCUT2D eigenvalue weighted by Gasteiger charge is 2.39. The van der Waals surface area contributed by atoms with Crippen molar-refractivity contribution in [3.8, 4) is 0 Å². The number of hydrogen-bond donors (Lipinski definition) is 0. The predicted molar refractivity (Wildman–Crippen MR) is 92.5 cm³/mol. The average molecular weight is 329 g/mol. The topological polar surface area (TPSA) is 66.7 Å². The van der Waals surface area contributed by atoms with Crippen molar-refractivity contribution in [3.63, 3.8) is 0 Å². The fourth-order valence-electron chi connectivity index (χ4n) is 3.84. The Morgan fingerprint density at radius 1 is 1.33 bits per heavy atom. The first kappa shape index (κ1) is 16.6. The molecule has 2 aliphatic rings. The number of nitrogens with zero attached hydrogens (tertiary/aromatic N) is 3. The fraction of sp³-hybridized carbons (Fsp3) is 0.500. The van der Waals surface area contributed by atoms with Gasteiger partial charge in [-0.25, -0.2) is 0 Å². The van der Waals surface area contributed by atoms with Crippen molar-refractivity contribution in [2.75, 3.05) is 26.2 Å². The zero-order chi connectivity index (χ0) is 17.1. The van der Waals surface area contributed by atoms with Gasteiger partial charge in [-0.2, -0.15) is 0 Å². The first-order valence-corrected chi connectivity index (χ1v) is 8.50. The summed E-state index contributed by atoms with van der Waals surface area (Å²) in [6.45, 7) is 5.43. The molecule has 2 fully saturated rings. The number of fused-ring (bicyclic) bond motifs is 2. The van der Waals surface area contributed by atoms with Crippen molar-refractivity contribution >= 4 is 17.7 Å². The van der Waals surface area contributed by atoms with Gasteiger partial charge in [0.2, 0.25) is 5.91 Å². The highest BCUT2D eigenvalue weighted by atomic mass is 16.6. The van der Waals surface area contributed by atoms with Crippen LogP contribution in [0.1, 0.15) is 25.3 Å². The van der Waals surface area contributed by atoms with E-state index < -0.39 is 0 Å². The van der Waals surface area contributed by atoms with Crippen LogP contribution in [0.3, 0.4) is 0 Å². The number of para-hydroxylation sites is 1. The minimum Gasteiger partial charge on any atom is -0.338 e. The summed E-state index contributed by atoms with van der Waals surface area (Å²) in [4.78, 5) is 27.1. The van der Waals surface area contributed by atoms with Gasteiger partial charge >= 0.3 is 0 Å². The van der Waals surface area contributed by atoms with Crippen LogP contribution in [0.15, 0.2) is 30.3 Å². The maximum Gasteiger partial charge on any atom is 0.276 e. The lowest BCUT2D eigenvalue weighted by molar-refractivity contribution is -0.385. The van der Waals surface area contributed by atoms with Gasteiger partial charge in [0.1, 0.15) is 0 Å². The molecule has 24 heavy (non-hydrogen) atoms. The first-order valence-electron chi connectivity index (χ1n) is 8.50. The summed E-state index contributed by atoms with van der Waals surface area (Å²) >= 11 is 0. The Bertz CT molecular complexity index is 659. The molecule has 2 saturated heterocycles. The molecule has 6 nitrogen and oxygen atoms in total. The van der Waals surface area contributed by atoms with E-state index in [1.165, 1.54) is 6.07 Å². The number of rotatable bonds is 5. The number of amides is 1. The SMILES string of the molecule is CCC(=O)N1CC2CC1CN(C/C=C/c1ccccc1[N+](=O)[O-])C2. The average Bonchev–Trinajstić information content (AvgIpc) is 2.89. The van der Waals surface area contributed by atoms with Crippen LogP contribution in [0.2, 0.25) is 0 Å². The van der Waals surface area contributed by atoms with Crippen LogP contribution >= 0.6 is 0 Å². The van der Waals surface area contributed by atoms with Gasteiger partial charge in [-0.05, 0) is 18.4 Å². The molecule has 2 heterocycles. The third-order valence-corrected chi connectivity index (χ3v) is 4.90. The van der Waals surface area contributed by atoms with E-state index in [9.17, 15) is 14.9 Å². The van der Waals surface area contributed by atoms with Crippen LogP contribution in [-0.4, -0.2) is 52.9 Å². The highest BCUT2D eigenvalue weighted by Crippen LogP contribution is 2.30.